The van der Waals surface area contributed by atoms with Crippen LogP contribution in [0.5, 0.6) is 0 Å². The van der Waals surface area contributed by atoms with Crippen LogP contribution >= 0.6 is 11.3 Å². The van der Waals surface area contributed by atoms with E-state index in [1.807, 2.05) is 65.8 Å². The number of thiazole rings is 1. The molecular formula is C21H23N5OS. The minimum Gasteiger partial charge on any atom is -0.346 e. The van der Waals surface area contributed by atoms with Gasteiger partial charge >= 0.3 is 0 Å². The Kier molecular flexibility index (Phi) is 5.00. The lowest BCUT2D eigenvalue weighted by molar-refractivity contribution is -0.121. The summed E-state index contributed by atoms with van der Waals surface area (Å²) in [6, 6.07) is 11.8. The minimum atomic E-state index is -0.160. The zero-order valence-corrected chi connectivity index (χ0v) is 17.0. The molecule has 0 aliphatic carbocycles. The predicted molar refractivity (Wildman–Crippen MR) is 112 cm³/mol. The second-order valence-electron chi connectivity index (χ2n) is 7.20. The molecule has 1 amide bonds. The first-order chi connectivity index (χ1) is 13.5. The van der Waals surface area contributed by atoms with Crippen molar-refractivity contribution in [1.82, 2.24) is 24.4 Å². The van der Waals surface area contributed by atoms with Crippen molar-refractivity contribution < 1.29 is 4.79 Å². The number of benzene rings is 1. The standard InChI is InChI=1S/C21H23N5OS/c1-14(2)19(20-23-16-8-4-5-9-17(16)25(20)3)24-18(27)12-15-13-28-21(22-15)26-10-6-7-11-26/h4-11,13-14,19H,12H2,1-3H3,(H,24,27)/t19-/m0/s1. The van der Waals surface area contributed by atoms with Gasteiger partial charge in [0, 0.05) is 24.8 Å². The maximum absolute atomic E-state index is 12.7. The van der Waals surface area contributed by atoms with Crippen LogP contribution in [0.15, 0.2) is 54.2 Å². The second-order valence-corrected chi connectivity index (χ2v) is 8.03. The summed E-state index contributed by atoms with van der Waals surface area (Å²) in [6.07, 6.45) is 4.15. The third-order valence-corrected chi connectivity index (χ3v) is 5.69. The highest BCUT2D eigenvalue weighted by atomic mass is 32.1. The van der Waals surface area contributed by atoms with Gasteiger partial charge in [0.05, 0.1) is 29.2 Å². The molecule has 3 heterocycles. The van der Waals surface area contributed by atoms with Gasteiger partial charge in [-0.05, 0) is 30.2 Å². The molecule has 7 heteroatoms. The molecule has 0 saturated carbocycles. The van der Waals surface area contributed by atoms with Crippen molar-refractivity contribution in [2.24, 2.45) is 13.0 Å². The highest BCUT2D eigenvalue weighted by Crippen LogP contribution is 2.25. The predicted octanol–water partition coefficient (Wildman–Crippen LogP) is 3.88. The number of carbonyl (C=O) groups is 1. The number of hydrogen-bond donors (Lipinski definition) is 1. The Labute approximate surface area is 167 Å². The zero-order valence-electron chi connectivity index (χ0n) is 16.2. The van der Waals surface area contributed by atoms with Crippen LogP contribution in [-0.2, 0) is 18.3 Å². The average Bonchev–Trinajstić information content (AvgIpc) is 3.40. The Morgan fingerprint density at radius 1 is 1.14 bits per heavy atom. The van der Waals surface area contributed by atoms with E-state index in [0.29, 0.717) is 0 Å². The van der Waals surface area contributed by atoms with Crippen LogP contribution in [0.1, 0.15) is 31.4 Å². The second kappa shape index (κ2) is 7.59. The number of imidazole rings is 1. The van der Waals surface area contributed by atoms with E-state index in [2.05, 4.69) is 28.7 Å². The third-order valence-electron chi connectivity index (χ3n) is 4.79. The highest BCUT2D eigenvalue weighted by Gasteiger charge is 2.24. The molecule has 0 fully saturated rings. The molecule has 1 aromatic carbocycles. The number of aryl methyl sites for hydroxylation is 1. The smallest absolute Gasteiger partial charge is 0.226 e. The summed E-state index contributed by atoms with van der Waals surface area (Å²) in [7, 11) is 2.00. The lowest BCUT2D eigenvalue weighted by Gasteiger charge is -2.22. The van der Waals surface area contributed by atoms with Crippen molar-refractivity contribution in [1.29, 1.82) is 0 Å². The van der Waals surface area contributed by atoms with Crippen LogP contribution in [0.4, 0.5) is 0 Å². The van der Waals surface area contributed by atoms with Gasteiger partial charge in [0.2, 0.25) is 5.91 Å². The lowest BCUT2D eigenvalue weighted by Crippen LogP contribution is -2.34. The number of carbonyl (C=O) groups excluding carboxylic acids is 1. The fourth-order valence-electron chi connectivity index (χ4n) is 3.32. The Bertz CT molecular complexity index is 1090. The summed E-state index contributed by atoms with van der Waals surface area (Å²) in [5, 5.41) is 5.97. The van der Waals surface area contributed by atoms with Gasteiger partial charge in [0.1, 0.15) is 5.82 Å². The molecule has 0 aliphatic rings. The van der Waals surface area contributed by atoms with Crippen molar-refractivity contribution >= 4 is 28.3 Å². The summed E-state index contributed by atoms with van der Waals surface area (Å²) < 4.78 is 4.01. The number of amides is 1. The number of para-hydroxylation sites is 2. The number of rotatable bonds is 6. The molecule has 144 valence electrons. The van der Waals surface area contributed by atoms with E-state index in [1.165, 1.54) is 11.3 Å². The van der Waals surface area contributed by atoms with Gasteiger partial charge in [-0.15, -0.1) is 11.3 Å². The first-order valence-corrected chi connectivity index (χ1v) is 10.2. The summed E-state index contributed by atoms with van der Waals surface area (Å²) in [5.74, 6) is 1.04. The van der Waals surface area contributed by atoms with Gasteiger partial charge in [-0.1, -0.05) is 26.0 Å². The van der Waals surface area contributed by atoms with E-state index < -0.39 is 0 Å². The summed E-state index contributed by atoms with van der Waals surface area (Å²) in [5.41, 5.74) is 2.78. The Morgan fingerprint density at radius 3 is 2.61 bits per heavy atom. The average molecular weight is 394 g/mol. The lowest BCUT2D eigenvalue weighted by atomic mass is 10.0. The van der Waals surface area contributed by atoms with E-state index in [1.54, 1.807) is 0 Å². The molecule has 4 rings (SSSR count). The van der Waals surface area contributed by atoms with Crippen LogP contribution in [0.25, 0.3) is 16.2 Å². The largest absolute Gasteiger partial charge is 0.346 e. The molecule has 0 radical (unpaired) electrons. The number of nitrogens with one attached hydrogen (secondary N) is 1. The van der Waals surface area contributed by atoms with E-state index in [-0.39, 0.29) is 24.3 Å². The van der Waals surface area contributed by atoms with Crippen LogP contribution in [-0.4, -0.2) is 25.0 Å². The van der Waals surface area contributed by atoms with Crippen molar-refractivity contribution in [2.75, 3.05) is 0 Å². The Balaban J connectivity index is 1.51. The quantitative estimate of drug-likeness (QED) is 0.541. The molecule has 0 saturated heterocycles. The van der Waals surface area contributed by atoms with Gasteiger partial charge in [-0.3, -0.25) is 4.79 Å². The molecule has 0 bridgehead atoms. The molecule has 0 unspecified atom stereocenters. The SMILES string of the molecule is CC(C)[C@H](NC(=O)Cc1csc(-n2cccc2)n1)c1nc2ccccc2n1C. The molecule has 0 spiro atoms. The van der Waals surface area contributed by atoms with Crippen LogP contribution in [0.2, 0.25) is 0 Å². The fraction of sp³-hybridized carbons (Fsp3) is 0.286. The normalized spacial score (nSPS) is 12.6. The Morgan fingerprint density at radius 2 is 1.89 bits per heavy atom. The van der Waals surface area contributed by atoms with E-state index >= 15 is 0 Å². The highest BCUT2D eigenvalue weighted by molar-refractivity contribution is 7.12. The van der Waals surface area contributed by atoms with Crippen molar-refractivity contribution in [3.8, 4) is 5.13 Å². The zero-order chi connectivity index (χ0) is 19.7. The molecule has 6 nitrogen and oxygen atoms in total. The Hall–Kier alpha value is -2.93. The maximum Gasteiger partial charge on any atom is 0.226 e. The summed E-state index contributed by atoms with van der Waals surface area (Å²) in [6.45, 7) is 4.19. The van der Waals surface area contributed by atoms with Crippen LogP contribution in [0.3, 0.4) is 0 Å². The fourth-order valence-corrected chi connectivity index (χ4v) is 4.11. The van der Waals surface area contributed by atoms with E-state index in [4.69, 9.17) is 4.98 Å². The van der Waals surface area contributed by atoms with Gasteiger partial charge in [0.15, 0.2) is 5.13 Å². The summed E-state index contributed by atoms with van der Waals surface area (Å²) >= 11 is 1.53. The minimum absolute atomic E-state index is 0.0462. The van der Waals surface area contributed by atoms with Crippen molar-refractivity contribution in [2.45, 2.75) is 26.3 Å². The van der Waals surface area contributed by atoms with Gasteiger partial charge < -0.3 is 14.5 Å². The van der Waals surface area contributed by atoms with Crippen molar-refractivity contribution in [3.05, 3.63) is 65.7 Å². The molecule has 28 heavy (non-hydrogen) atoms. The van der Waals surface area contributed by atoms with Crippen LogP contribution in [0, 0.1) is 5.92 Å². The van der Waals surface area contributed by atoms with E-state index in [0.717, 1.165) is 27.7 Å². The molecule has 1 atom stereocenters. The van der Waals surface area contributed by atoms with Gasteiger partial charge in [-0.2, -0.15) is 0 Å². The molecule has 4 aromatic rings. The number of aromatic nitrogens is 4. The molecule has 3 aromatic heterocycles. The van der Waals surface area contributed by atoms with Crippen LogP contribution < -0.4 is 5.32 Å². The molecule has 0 aliphatic heterocycles. The van der Waals surface area contributed by atoms with Crippen molar-refractivity contribution in [3.63, 3.8) is 0 Å². The third kappa shape index (κ3) is 3.57. The first-order valence-electron chi connectivity index (χ1n) is 9.31. The summed E-state index contributed by atoms with van der Waals surface area (Å²) in [4.78, 5) is 22.1. The van der Waals surface area contributed by atoms with Gasteiger partial charge in [0.25, 0.3) is 0 Å². The van der Waals surface area contributed by atoms with Gasteiger partial charge in [-0.25, -0.2) is 9.97 Å². The maximum atomic E-state index is 12.7. The van der Waals surface area contributed by atoms with E-state index in [9.17, 15) is 4.79 Å². The number of fused-ring (bicyclic) bond motifs is 1. The number of hydrogen-bond acceptors (Lipinski definition) is 4. The first kappa shape index (κ1) is 18.4. The molecule has 1 N–H and O–H groups in total. The number of nitrogens with zero attached hydrogens (tertiary/aromatic N) is 4. The molecular weight excluding hydrogens is 370 g/mol. The topological polar surface area (TPSA) is 64.7 Å². The monoisotopic (exact) mass is 393 g/mol.